The Balaban J connectivity index is 1.21. The Labute approximate surface area is 195 Å². The third-order valence-corrected chi connectivity index (χ3v) is 7.31. The van der Waals surface area contributed by atoms with E-state index >= 15 is 0 Å². The standard InChI is InChI=1S/C25H22N2O5S/c28-22(27-18-9-3-5-11-20(18)33-21-12-6-4-10-19(21)27)15-32-23(29)13-14-26-24(30)16-7-1-2-8-17(16)25(26)31/h1-6,9-12,16-17H,7-8,13-15H2. The molecule has 1 fully saturated rings. The minimum Gasteiger partial charge on any atom is -0.455 e. The van der Waals surface area contributed by atoms with Gasteiger partial charge in [0.1, 0.15) is 0 Å². The van der Waals surface area contributed by atoms with Crippen LogP contribution in [-0.2, 0) is 23.9 Å². The van der Waals surface area contributed by atoms with Gasteiger partial charge in [-0.3, -0.25) is 29.0 Å². The van der Waals surface area contributed by atoms with Gasteiger partial charge >= 0.3 is 5.97 Å². The number of carbonyl (C=O) groups is 4. The second-order valence-corrected chi connectivity index (χ2v) is 9.25. The highest BCUT2D eigenvalue weighted by Gasteiger charge is 2.47. The molecule has 0 spiro atoms. The Morgan fingerprint density at radius 3 is 2.00 bits per heavy atom. The summed E-state index contributed by atoms with van der Waals surface area (Å²) in [6.45, 7) is -0.451. The number of ether oxygens (including phenoxy) is 1. The average molecular weight is 463 g/mol. The van der Waals surface area contributed by atoms with Gasteiger partial charge in [0.2, 0.25) is 11.8 Å². The molecule has 1 saturated heterocycles. The predicted molar refractivity (Wildman–Crippen MR) is 122 cm³/mol. The third-order valence-electron chi connectivity index (χ3n) is 6.18. The highest BCUT2D eigenvalue weighted by atomic mass is 32.2. The summed E-state index contributed by atoms with van der Waals surface area (Å²) in [6, 6.07) is 15.1. The molecule has 0 radical (unpaired) electrons. The number of carbonyl (C=O) groups excluding carboxylic acids is 4. The molecule has 2 atom stereocenters. The molecule has 2 aliphatic heterocycles. The molecule has 0 N–H and O–H groups in total. The summed E-state index contributed by atoms with van der Waals surface area (Å²) in [5, 5.41) is 0. The normalized spacial score (nSPS) is 20.8. The van der Waals surface area contributed by atoms with Crippen LogP contribution in [-0.4, -0.2) is 41.7 Å². The molecular weight excluding hydrogens is 440 g/mol. The van der Waals surface area contributed by atoms with Crippen LogP contribution in [0.15, 0.2) is 70.5 Å². The topological polar surface area (TPSA) is 84.0 Å². The molecule has 7 nitrogen and oxygen atoms in total. The summed E-state index contributed by atoms with van der Waals surface area (Å²) >= 11 is 1.58. The largest absolute Gasteiger partial charge is 0.455 e. The molecular formula is C25H22N2O5S. The molecule has 5 rings (SSSR count). The molecule has 0 aromatic heterocycles. The van der Waals surface area contributed by atoms with Crippen LogP contribution in [0.4, 0.5) is 11.4 Å². The van der Waals surface area contributed by atoms with E-state index in [0.717, 1.165) is 21.2 Å². The summed E-state index contributed by atoms with van der Waals surface area (Å²) in [5.74, 6) is -2.08. The lowest BCUT2D eigenvalue weighted by Gasteiger charge is -2.30. The van der Waals surface area contributed by atoms with E-state index in [-0.39, 0.29) is 42.5 Å². The van der Waals surface area contributed by atoms with E-state index < -0.39 is 12.6 Å². The van der Waals surface area contributed by atoms with Crippen LogP contribution in [0.1, 0.15) is 19.3 Å². The maximum Gasteiger partial charge on any atom is 0.308 e. The minimum absolute atomic E-state index is 0.0241. The second-order valence-electron chi connectivity index (χ2n) is 8.16. The van der Waals surface area contributed by atoms with Gasteiger partial charge in [0.15, 0.2) is 6.61 Å². The average Bonchev–Trinajstić information content (AvgIpc) is 3.09. The van der Waals surface area contributed by atoms with Crippen molar-refractivity contribution >= 4 is 46.8 Å². The molecule has 33 heavy (non-hydrogen) atoms. The molecule has 2 aromatic carbocycles. The number of para-hydroxylation sites is 2. The molecule has 2 heterocycles. The zero-order chi connectivity index (χ0) is 22.9. The van der Waals surface area contributed by atoms with Gasteiger partial charge in [-0.1, -0.05) is 48.2 Å². The van der Waals surface area contributed by atoms with Crippen molar-refractivity contribution in [2.24, 2.45) is 11.8 Å². The summed E-state index contributed by atoms with van der Waals surface area (Å²) in [6.07, 6.45) is 4.82. The number of imide groups is 1. The number of benzene rings is 2. The Bertz CT molecular complexity index is 1110. The first-order valence-electron chi connectivity index (χ1n) is 10.9. The molecule has 3 aliphatic rings. The van der Waals surface area contributed by atoms with Crippen molar-refractivity contribution in [3.8, 4) is 0 Å². The first-order chi connectivity index (χ1) is 16.0. The zero-order valence-corrected chi connectivity index (χ0v) is 18.6. The fourth-order valence-corrected chi connectivity index (χ4v) is 5.60. The summed E-state index contributed by atoms with van der Waals surface area (Å²) in [4.78, 5) is 55.1. The van der Waals surface area contributed by atoms with Crippen molar-refractivity contribution in [1.82, 2.24) is 4.90 Å². The maximum absolute atomic E-state index is 13.1. The van der Waals surface area contributed by atoms with Crippen LogP contribution >= 0.6 is 11.8 Å². The van der Waals surface area contributed by atoms with Gasteiger partial charge in [-0.25, -0.2) is 0 Å². The SMILES string of the molecule is O=C(CCN1C(=O)C2CC=CCC2C1=O)OCC(=O)N1c2ccccc2Sc2ccccc21. The fourth-order valence-electron chi connectivity index (χ4n) is 4.54. The van der Waals surface area contributed by atoms with Gasteiger partial charge < -0.3 is 4.74 Å². The maximum atomic E-state index is 13.1. The smallest absolute Gasteiger partial charge is 0.308 e. The molecule has 1 aliphatic carbocycles. The molecule has 3 amide bonds. The number of esters is 1. The zero-order valence-electron chi connectivity index (χ0n) is 17.8. The summed E-state index contributed by atoms with van der Waals surface area (Å²) in [5.41, 5.74) is 1.48. The van der Waals surface area contributed by atoms with E-state index in [0.29, 0.717) is 12.8 Å². The summed E-state index contributed by atoms with van der Waals surface area (Å²) in [7, 11) is 0. The number of hydrogen-bond donors (Lipinski definition) is 0. The lowest BCUT2D eigenvalue weighted by Crippen LogP contribution is -2.35. The Kier molecular flexibility index (Phi) is 5.76. The third kappa shape index (κ3) is 3.95. The minimum atomic E-state index is -0.620. The number of fused-ring (bicyclic) bond motifs is 3. The van der Waals surface area contributed by atoms with E-state index in [1.54, 1.807) is 16.7 Å². The van der Waals surface area contributed by atoms with E-state index in [1.165, 1.54) is 4.90 Å². The highest BCUT2D eigenvalue weighted by molar-refractivity contribution is 7.99. The van der Waals surface area contributed by atoms with Crippen molar-refractivity contribution in [3.63, 3.8) is 0 Å². The van der Waals surface area contributed by atoms with Crippen molar-refractivity contribution in [1.29, 1.82) is 0 Å². The van der Waals surface area contributed by atoms with Gasteiger partial charge in [-0.15, -0.1) is 0 Å². The second kappa shape index (κ2) is 8.86. The Morgan fingerprint density at radius 1 is 0.879 bits per heavy atom. The van der Waals surface area contributed by atoms with Crippen LogP contribution in [0.5, 0.6) is 0 Å². The van der Waals surface area contributed by atoms with Crippen molar-refractivity contribution in [2.45, 2.75) is 29.1 Å². The lowest BCUT2D eigenvalue weighted by atomic mass is 9.85. The van der Waals surface area contributed by atoms with Gasteiger partial charge in [-0.05, 0) is 37.1 Å². The molecule has 0 saturated carbocycles. The highest BCUT2D eigenvalue weighted by Crippen LogP contribution is 2.47. The lowest BCUT2D eigenvalue weighted by molar-refractivity contribution is -0.149. The van der Waals surface area contributed by atoms with E-state index in [2.05, 4.69) is 0 Å². The van der Waals surface area contributed by atoms with Crippen LogP contribution in [0.2, 0.25) is 0 Å². The van der Waals surface area contributed by atoms with Gasteiger partial charge in [-0.2, -0.15) is 0 Å². The van der Waals surface area contributed by atoms with E-state index in [1.807, 2.05) is 60.7 Å². The monoisotopic (exact) mass is 462 g/mol. The molecule has 8 heteroatoms. The number of amides is 3. The molecule has 168 valence electrons. The predicted octanol–water partition coefficient (Wildman–Crippen LogP) is 3.70. The fraction of sp³-hybridized carbons (Fsp3) is 0.280. The number of rotatable bonds is 5. The van der Waals surface area contributed by atoms with E-state index in [4.69, 9.17) is 4.74 Å². The van der Waals surface area contributed by atoms with E-state index in [9.17, 15) is 19.2 Å². The number of allylic oxidation sites excluding steroid dienone is 2. The van der Waals surface area contributed by atoms with Crippen molar-refractivity contribution in [2.75, 3.05) is 18.1 Å². The molecule has 2 unspecified atom stereocenters. The van der Waals surface area contributed by atoms with Gasteiger partial charge in [0.25, 0.3) is 5.91 Å². The van der Waals surface area contributed by atoms with Crippen LogP contribution in [0.3, 0.4) is 0 Å². The molecule has 2 aromatic rings. The number of hydrogen-bond acceptors (Lipinski definition) is 6. The van der Waals surface area contributed by atoms with Crippen molar-refractivity contribution < 1.29 is 23.9 Å². The first-order valence-corrected chi connectivity index (χ1v) is 11.7. The van der Waals surface area contributed by atoms with Crippen LogP contribution < -0.4 is 4.90 Å². The number of anilines is 2. The summed E-state index contributed by atoms with van der Waals surface area (Å²) < 4.78 is 5.24. The first kappa shape index (κ1) is 21.5. The number of nitrogens with zero attached hydrogens (tertiary/aromatic N) is 2. The Hall–Kier alpha value is -3.39. The Morgan fingerprint density at radius 2 is 1.42 bits per heavy atom. The van der Waals surface area contributed by atoms with Crippen LogP contribution in [0, 0.1) is 11.8 Å². The van der Waals surface area contributed by atoms with Crippen LogP contribution in [0.25, 0.3) is 0 Å². The number of likely N-dealkylation sites (tertiary alicyclic amines) is 1. The van der Waals surface area contributed by atoms with Gasteiger partial charge in [0.05, 0.1) is 29.6 Å². The molecule has 0 bridgehead atoms. The van der Waals surface area contributed by atoms with Gasteiger partial charge in [0, 0.05) is 16.3 Å². The van der Waals surface area contributed by atoms with Crippen molar-refractivity contribution in [3.05, 3.63) is 60.7 Å². The quantitative estimate of drug-likeness (QED) is 0.383.